The van der Waals surface area contributed by atoms with Gasteiger partial charge in [-0.05, 0) is 166 Å². The van der Waals surface area contributed by atoms with Crippen LogP contribution in [0.3, 0.4) is 0 Å². The van der Waals surface area contributed by atoms with Crippen molar-refractivity contribution in [1.82, 2.24) is 9.13 Å². The van der Waals surface area contributed by atoms with Gasteiger partial charge in [-0.3, -0.25) is 0 Å². The van der Waals surface area contributed by atoms with Gasteiger partial charge in [-0.1, -0.05) is 152 Å². The second-order valence-electron chi connectivity index (χ2n) is 18.3. The molecule has 2 aromatic heterocycles. The van der Waals surface area contributed by atoms with E-state index in [9.17, 15) is 0 Å². The second kappa shape index (κ2) is 16.4. The molecule has 0 aliphatic heterocycles. The van der Waals surface area contributed by atoms with Crippen LogP contribution < -0.4 is 4.90 Å². The summed E-state index contributed by atoms with van der Waals surface area (Å²) in [5.74, 6) is 0. The summed E-state index contributed by atoms with van der Waals surface area (Å²) >= 11 is 0. The molecule has 3 nitrogen and oxygen atoms in total. The van der Waals surface area contributed by atoms with Crippen molar-refractivity contribution in [3.8, 4) is 44.8 Å². The molecule has 326 valence electrons. The summed E-state index contributed by atoms with van der Waals surface area (Å²) in [7, 11) is 0. The fraction of sp³-hybridized carbons (Fsp3) is 0.0303. The van der Waals surface area contributed by atoms with E-state index in [1.807, 2.05) is 0 Å². The lowest BCUT2D eigenvalue weighted by atomic mass is 9.92. The second-order valence-corrected chi connectivity index (χ2v) is 18.3. The van der Waals surface area contributed by atoms with Crippen molar-refractivity contribution in [2.75, 3.05) is 4.90 Å². The van der Waals surface area contributed by atoms with Crippen molar-refractivity contribution in [3.63, 3.8) is 0 Å². The van der Waals surface area contributed by atoms with Crippen molar-refractivity contribution < 1.29 is 0 Å². The molecule has 2 heterocycles. The summed E-state index contributed by atoms with van der Waals surface area (Å²) in [5, 5.41) is 7.52. The minimum atomic E-state index is 1.09. The van der Waals surface area contributed by atoms with E-state index in [-0.39, 0.29) is 0 Å². The Morgan fingerprint density at radius 3 is 1.61 bits per heavy atom. The summed E-state index contributed by atoms with van der Waals surface area (Å²) in [6.45, 7) is 4.45. The smallest absolute Gasteiger partial charge is 0.0561 e. The molecule has 0 fully saturated rings. The maximum Gasteiger partial charge on any atom is 0.0561 e. The number of aryl methyl sites for hydroxylation is 2. The van der Waals surface area contributed by atoms with Gasteiger partial charge in [-0.15, -0.1) is 0 Å². The van der Waals surface area contributed by atoms with Crippen LogP contribution in [0, 0.1) is 13.8 Å². The summed E-state index contributed by atoms with van der Waals surface area (Å²) in [4.78, 5) is 2.36. The van der Waals surface area contributed by atoms with Gasteiger partial charge in [0.05, 0.1) is 22.1 Å². The molecule has 3 heteroatoms. The molecule has 11 aromatic carbocycles. The van der Waals surface area contributed by atoms with Crippen molar-refractivity contribution in [2.45, 2.75) is 13.8 Å². The highest BCUT2D eigenvalue weighted by atomic mass is 15.1. The molecule has 0 aliphatic rings. The van der Waals surface area contributed by atoms with Gasteiger partial charge in [-0.2, -0.15) is 0 Å². The lowest BCUT2D eigenvalue weighted by molar-refractivity contribution is 1.18. The average molecular weight is 882 g/mol. The third-order valence-electron chi connectivity index (χ3n) is 14.1. The van der Waals surface area contributed by atoms with Crippen LogP contribution in [-0.4, -0.2) is 9.13 Å². The van der Waals surface area contributed by atoms with Crippen molar-refractivity contribution in [3.05, 3.63) is 260 Å². The van der Waals surface area contributed by atoms with E-state index in [1.165, 1.54) is 98.9 Å². The number of nitrogens with zero attached hydrogens (tertiary/aromatic N) is 3. The van der Waals surface area contributed by atoms with Gasteiger partial charge in [0.2, 0.25) is 0 Å². The number of hydrogen-bond donors (Lipinski definition) is 0. The van der Waals surface area contributed by atoms with Gasteiger partial charge in [0.25, 0.3) is 0 Å². The van der Waals surface area contributed by atoms with E-state index in [4.69, 9.17) is 0 Å². The first-order valence-corrected chi connectivity index (χ1v) is 23.8. The zero-order valence-electron chi connectivity index (χ0n) is 38.5. The fourth-order valence-corrected chi connectivity index (χ4v) is 10.9. The third-order valence-corrected chi connectivity index (χ3v) is 14.1. The monoisotopic (exact) mass is 881 g/mol. The quantitative estimate of drug-likeness (QED) is 0.148. The predicted octanol–water partition coefficient (Wildman–Crippen LogP) is 18.1. The Morgan fingerprint density at radius 2 is 0.855 bits per heavy atom. The molecule has 13 rings (SSSR count). The first kappa shape index (κ1) is 40.4. The molecule has 0 saturated carbocycles. The number of rotatable bonds is 8. The maximum absolute atomic E-state index is 2.43. The topological polar surface area (TPSA) is 13.1 Å². The lowest BCUT2D eigenvalue weighted by Crippen LogP contribution is -2.10. The van der Waals surface area contributed by atoms with Crippen molar-refractivity contribution in [2.24, 2.45) is 0 Å². The van der Waals surface area contributed by atoms with E-state index < -0.39 is 0 Å². The van der Waals surface area contributed by atoms with Gasteiger partial charge < -0.3 is 14.0 Å². The highest BCUT2D eigenvalue weighted by Gasteiger charge is 2.20. The van der Waals surface area contributed by atoms with Gasteiger partial charge in [0.15, 0.2) is 0 Å². The van der Waals surface area contributed by atoms with E-state index in [0.29, 0.717) is 0 Å². The Kier molecular flexibility index (Phi) is 9.62. The number of anilines is 3. The molecule has 0 bridgehead atoms. The average Bonchev–Trinajstić information content (AvgIpc) is 3.92. The van der Waals surface area contributed by atoms with Crippen molar-refractivity contribution in [1.29, 1.82) is 0 Å². The van der Waals surface area contributed by atoms with E-state index >= 15 is 0 Å². The Morgan fingerprint density at radius 1 is 0.290 bits per heavy atom. The Hall–Kier alpha value is -8.92. The van der Waals surface area contributed by atoms with Crippen molar-refractivity contribution >= 4 is 71.4 Å². The van der Waals surface area contributed by atoms with Crippen LogP contribution in [0.25, 0.3) is 99.1 Å². The largest absolute Gasteiger partial charge is 0.310 e. The van der Waals surface area contributed by atoms with Crippen LogP contribution in [0.1, 0.15) is 11.1 Å². The Balaban J connectivity index is 0.912. The molecule has 0 spiro atoms. The molecule has 0 N–H and O–H groups in total. The Bertz CT molecular complexity index is 4070. The van der Waals surface area contributed by atoms with Crippen LogP contribution in [0.15, 0.2) is 249 Å². The summed E-state index contributed by atoms with van der Waals surface area (Å²) < 4.78 is 4.82. The molecular formula is C66H47N3. The normalized spacial score (nSPS) is 11.6. The third kappa shape index (κ3) is 6.81. The molecule has 0 radical (unpaired) electrons. The van der Waals surface area contributed by atoms with Gasteiger partial charge in [-0.25, -0.2) is 0 Å². The molecule has 13 aromatic rings. The van der Waals surface area contributed by atoms with Gasteiger partial charge in [0.1, 0.15) is 0 Å². The number of fused-ring (bicyclic) bond motifs is 8. The highest BCUT2D eigenvalue weighted by molar-refractivity contribution is 6.22. The van der Waals surface area contributed by atoms with Crippen LogP contribution in [-0.2, 0) is 0 Å². The lowest BCUT2D eigenvalue weighted by Gasteiger charge is -2.26. The first-order chi connectivity index (χ1) is 34.1. The molecule has 0 saturated heterocycles. The van der Waals surface area contributed by atoms with E-state index in [1.54, 1.807) is 0 Å². The van der Waals surface area contributed by atoms with Crippen LogP contribution >= 0.6 is 0 Å². The number of para-hydroxylation sites is 4. The fourth-order valence-electron chi connectivity index (χ4n) is 10.9. The summed E-state index contributed by atoms with van der Waals surface area (Å²) in [5.41, 5.74) is 20.2. The van der Waals surface area contributed by atoms with Crippen LogP contribution in [0.4, 0.5) is 17.1 Å². The van der Waals surface area contributed by atoms with Gasteiger partial charge >= 0.3 is 0 Å². The maximum atomic E-state index is 2.43. The van der Waals surface area contributed by atoms with Crippen LogP contribution in [0.5, 0.6) is 0 Å². The number of aromatic nitrogens is 2. The number of hydrogen-bond acceptors (Lipinski definition) is 1. The minimum absolute atomic E-state index is 1.09. The zero-order valence-corrected chi connectivity index (χ0v) is 38.5. The van der Waals surface area contributed by atoms with Gasteiger partial charge in [0, 0.05) is 50.0 Å². The van der Waals surface area contributed by atoms with Crippen LogP contribution in [0.2, 0.25) is 0 Å². The first-order valence-electron chi connectivity index (χ1n) is 23.8. The molecule has 0 amide bonds. The molecule has 0 unspecified atom stereocenters. The SMILES string of the molecule is Cc1ccccc1-c1cc2c(ccc3c2c2cc(-c4cccc(-c5ccc(N(c6ccccc6)c6ccc7c8ccccc8n(-c8ccccc8)c7c6)cc5)c4)ccc2n3-c2ccccc2)cc1C. The Labute approximate surface area is 402 Å². The van der Waals surface area contributed by atoms with E-state index in [2.05, 4.69) is 277 Å². The standard InChI is InChI=1S/C66H47N3/c1-44-17-12-13-26-56(44)59-43-60-50(39-45(59)2)32-38-64-66(60)61-41-49(31-37-63(61)68(64)52-22-8-4-9-23-52)48-19-16-18-47(40-48)46-29-33-54(34-30-46)67(51-20-6-3-7-21-51)55-35-36-58-57-27-14-15-28-62(57)69(65(58)42-55)53-24-10-5-11-25-53/h3-43H,1-2H3. The molecule has 0 aliphatic carbocycles. The predicted molar refractivity (Wildman–Crippen MR) is 293 cm³/mol. The minimum Gasteiger partial charge on any atom is -0.310 e. The highest BCUT2D eigenvalue weighted by Crippen LogP contribution is 2.43. The summed E-state index contributed by atoms with van der Waals surface area (Å²) in [6.07, 6.45) is 0. The zero-order chi connectivity index (χ0) is 46.0. The van der Waals surface area contributed by atoms with E-state index in [0.717, 1.165) is 28.4 Å². The summed E-state index contributed by atoms with van der Waals surface area (Å²) in [6, 6.07) is 91.0. The number of benzene rings is 11. The molecule has 69 heavy (non-hydrogen) atoms. The molecule has 0 atom stereocenters. The molecular weight excluding hydrogens is 835 g/mol.